The lowest BCUT2D eigenvalue weighted by molar-refractivity contribution is 0.238. The molecule has 0 aliphatic carbocycles. The van der Waals surface area contributed by atoms with Crippen molar-refractivity contribution >= 4 is 37.6 Å². The van der Waals surface area contributed by atoms with Crippen molar-refractivity contribution in [2.75, 3.05) is 0 Å². The summed E-state index contributed by atoms with van der Waals surface area (Å²) in [6.45, 7) is 0. The highest BCUT2D eigenvalue weighted by Gasteiger charge is 2.24. The van der Waals surface area contributed by atoms with Crippen molar-refractivity contribution in [1.29, 1.82) is 0 Å². The topological polar surface area (TPSA) is 74.6 Å². The Balaban J connectivity index is 3.26. The SMILES string of the molecule is O=S(=O)(O)C(O)c1cc(Br)ccc1Cl. The highest BCUT2D eigenvalue weighted by molar-refractivity contribution is 9.10. The van der Waals surface area contributed by atoms with Gasteiger partial charge in [-0.1, -0.05) is 27.5 Å². The standard InChI is InChI=1S/C7H6BrClO4S/c8-4-1-2-6(9)5(3-4)7(10)14(11,12)13/h1-3,7,10H,(H,11,12,13). The molecule has 78 valence electrons. The van der Waals surface area contributed by atoms with Crippen molar-refractivity contribution in [2.45, 2.75) is 5.44 Å². The molecule has 0 aromatic heterocycles. The fourth-order valence-electron chi connectivity index (χ4n) is 0.864. The van der Waals surface area contributed by atoms with Crippen molar-refractivity contribution in [3.05, 3.63) is 33.3 Å². The van der Waals surface area contributed by atoms with Crippen LogP contribution >= 0.6 is 27.5 Å². The lowest BCUT2D eigenvalue weighted by Gasteiger charge is -2.09. The fraction of sp³-hybridized carbons (Fsp3) is 0.143. The zero-order chi connectivity index (χ0) is 10.9. The van der Waals surface area contributed by atoms with E-state index in [-0.39, 0.29) is 10.6 Å². The van der Waals surface area contributed by atoms with E-state index in [1.807, 2.05) is 0 Å². The summed E-state index contributed by atoms with van der Waals surface area (Å²) >= 11 is 8.73. The monoisotopic (exact) mass is 300 g/mol. The van der Waals surface area contributed by atoms with Crippen LogP contribution in [0.1, 0.15) is 11.0 Å². The van der Waals surface area contributed by atoms with E-state index in [0.717, 1.165) is 0 Å². The number of halogens is 2. The summed E-state index contributed by atoms with van der Waals surface area (Å²) in [6, 6.07) is 4.32. The van der Waals surface area contributed by atoms with E-state index in [4.69, 9.17) is 16.2 Å². The smallest absolute Gasteiger partial charge is 0.296 e. The summed E-state index contributed by atoms with van der Waals surface area (Å²) in [5, 5.41) is 9.29. The minimum Gasteiger partial charge on any atom is -0.371 e. The van der Waals surface area contributed by atoms with Gasteiger partial charge in [0.1, 0.15) is 0 Å². The second kappa shape index (κ2) is 4.16. The lowest BCUT2D eigenvalue weighted by Crippen LogP contribution is -2.11. The van der Waals surface area contributed by atoms with Gasteiger partial charge in [0.2, 0.25) is 5.44 Å². The maximum Gasteiger partial charge on any atom is 0.296 e. The molecule has 4 nitrogen and oxygen atoms in total. The van der Waals surface area contributed by atoms with Gasteiger partial charge in [0.15, 0.2) is 0 Å². The number of hydrogen-bond donors (Lipinski definition) is 2. The number of benzene rings is 1. The van der Waals surface area contributed by atoms with E-state index in [2.05, 4.69) is 15.9 Å². The van der Waals surface area contributed by atoms with Crippen molar-refractivity contribution in [1.82, 2.24) is 0 Å². The summed E-state index contributed by atoms with van der Waals surface area (Å²) in [4.78, 5) is 0. The average Bonchev–Trinajstić information content (AvgIpc) is 2.06. The van der Waals surface area contributed by atoms with E-state index in [1.54, 1.807) is 6.07 Å². The predicted octanol–water partition coefficient (Wildman–Crippen LogP) is 1.98. The first-order valence-electron chi connectivity index (χ1n) is 3.41. The van der Waals surface area contributed by atoms with Crippen LogP contribution in [0.4, 0.5) is 0 Å². The van der Waals surface area contributed by atoms with Gasteiger partial charge in [-0.05, 0) is 18.2 Å². The molecule has 0 heterocycles. The van der Waals surface area contributed by atoms with Gasteiger partial charge in [-0.2, -0.15) is 8.42 Å². The van der Waals surface area contributed by atoms with Crippen LogP contribution in [-0.2, 0) is 10.1 Å². The zero-order valence-corrected chi connectivity index (χ0v) is 9.84. The molecule has 0 saturated carbocycles. The molecule has 0 radical (unpaired) electrons. The maximum atomic E-state index is 10.6. The first-order valence-corrected chi connectivity index (χ1v) is 6.09. The molecular formula is C7H6BrClO4S. The molecule has 1 unspecified atom stereocenters. The number of hydrogen-bond acceptors (Lipinski definition) is 3. The average molecular weight is 302 g/mol. The third kappa shape index (κ3) is 2.68. The molecule has 0 spiro atoms. The van der Waals surface area contributed by atoms with Gasteiger partial charge in [-0.15, -0.1) is 0 Å². The summed E-state index contributed by atoms with van der Waals surface area (Å²) in [7, 11) is -4.54. The molecule has 1 atom stereocenters. The second-order valence-electron chi connectivity index (χ2n) is 2.53. The van der Waals surface area contributed by atoms with Gasteiger partial charge in [-0.3, -0.25) is 4.55 Å². The zero-order valence-electron chi connectivity index (χ0n) is 6.68. The molecule has 0 aliphatic heterocycles. The van der Waals surface area contributed by atoms with E-state index in [1.165, 1.54) is 12.1 Å². The molecule has 7 heteroatoms. The van der Waals surface area contributed by atoms with E-state index < -0.39 is 15.6 Å². The molecule has 1 aromatic carbocycles. The van der Waals surface area contributed by atoms with E-state index in [9.17, 15) is 13.5 Å². The van der Waals surface area contributed by atoms with Crippen LogP contribution in [-0.4, -0.2) is 18.1 Å². The second-order valence-corrected chi connectivity index (χ2v) is 5.33. The van der Waals surface area contributed by atoms with Crippen LogP contribution in [0.2, 0.25) is 5.02 Å². The number of aliphatic hydroxyl groups is 1. The van der Waals surface area contributed by atoms with E-state index in [0.29, 0.717) is 4.47 Å². The third-order valence-electron chi connectivity index (χ3n) is 1.51. The Labute approximate surface area is 94.4 Å². The molecule has 0 fully saturated rings. The lowest BCUT2D eigenvalue weighted by atomic mass is 10.2. The maximum absolute atomic E-state index is 10.6. The van der Waals surface area contributed by atoms with Crippen LogP contribution in [0.3, 0.4) is 0 Å². The fourth-order valence-corrected chi connectivity index (χ4v) is 2.04. The molecule has 0 bridgehead atoms. The van der Waals surface area contributed by atoms with Crippen LogP contribution in [0.15, 0.2) is 22.7 Å². The van der Waals surface area contributed by atoms with Crippen molar-refractivity contribution < 1.29 is 18.1 Å². The van der Waals surface area contributed by atoms with Gasteiger partial charge in [0.05, 0.1) is 0 Å². The summed E-state index contributed by atoms with van der Waals surface area (Å²) in [6.07, 6.45) is 0. The Bertz CT molecular complexity index is 445. The van der Waals surface area contributed by atoms with Gasteiger partial charge >= 0.3 is 0 Å². The Morgan fingerprint density at radius 1 is 1.43 bits per heavy atom. The molecule has 2 N–H and O–H groups in total. The third-order valence-corrected chi connectivity index (χ3v) is 3.16. The largest absolute Gasteiger partial charge is 0.371 e. The van der Waals surface area contributed by atoms with Crippen LogP contribution in [0.5, 0.6) is 0 Å². The molecule has 1 rings (SSSR count). The first kappa shape index (κ1) is 11.9. The van der Waals surface area contributed by atoms with Crippen LogP contribution in [0.25, 0.3) is 0 Å². The van der Waals surface area contributed by atoms with Crippen LogP contribution in [0, 0.1) is 0 Å². The van der Waals surface area contributed by atoms with Crippen molar-refractivity contribution in [2.24, 2.45) is 0 Å². The molecule has 0 aliphatic rings. The molecule has 14 heavy (non-hydrogen) atoms. The Morgan fingerprint density at radius 2 is 2.00 bits per heavy atom. The number of rotatable bonds is 2. The summed E-state index contributed by atoms with van der Waals surface area (Å²) in [5.74, 6) is 0. The highest BCUT2D eigenvalue weighted by Crippen LogP contribution is 2.28. The van der Waals surface area contributed by atoms with Crippen LogP contribution < -0.4 is 0 Å². The van der Waals surface area contributed by atoms with Gasteiger partial charge in [-0.25, -0.2) is 0 Å². The van der Waals surface area contributed by atoms with Gasteiger partial charge in [0.25, 0.3) is 10.1 Å². The Hall–Kier alpha value is -0.140. The Morgan fingerprint density at radius 3 is 2.50 bits per heavy atom. The minimum absolute atomic E-state index is 0.0662. The summed E-state index contributed by atoms with van der Waals surface area (Å²) < 4.78 is 30.4. The molecular weight excluding hydrogens is 295 g/mol. The predicted molar refractivity (Wildman–Crippen MR) is 55.7 cm³/mol. The van der Waals surface area contributed by atoms with E-state index >= 15 is 0 Å². The quantitative estimate of drug-likeness (QED) is 0.819. The summed E-state index contributed by atoms with van der Waals surface area (Å²) in [5.41, 5.74) is -2.09. The van der Waals surface area contributed by atoms with Gasteiger partial charge in [0, 0.05) is 15.1 Å². The molecule has 1 aromatic rings. The minimum atomic E-state index is -4.54. The normalized spacial score (nSPS) is 14.0. The van der Waals surface area contributed by atoms with Crippen molar-refractivity contribution in [3.63, 3.8) is 0 Å². The Kier molecular flexibility index (Phi) is 3.54. The first-order chi connectivity index (χ1) is 6.32. The molecule has 0 saturated heterocycles. The molecule has 0 amide bonds. The van der Waals surface area contributed by atoms with Crippen molar-refractivity contribution in [3.8, 4) is 0 Å². The van der Waals surface area contributed by atoms with Gasteiger partial charge < -0.3 is 5.11 Å². The number of aliphatic hydroxyl groups excluding tert-OH is 1. The highest BCUT2D eigenvalue weighted by atomic mass is 79.9.